The largest absolute Gasteiger partial charge is 0.498 e. The first kappa shape index (κ1) is 21.4. The zero-order valence-electron chi connectivity index (χ0n) is 18.0. The Hall–Kier alpha value is -2.83. The number of hydrogen-bond donors (Lipinski definition) is 1. The van der Waals surface area contributed by atoms with Crippen LogP contribution in [0.3, 0.4) is 0 Å². The van der Waals surface area contributed by atoms with Crippen LogP contribution in [0, 0.1) is 0 Å². The quantitative estimate of drug-likeness (QED) is 0.730. The molecule has 0 heterocycles. The predicted octanol–water partition coefficient (Wildman–Crippen LogP) is 4.79. The lowest BCUT2D eigenvalue weighted by atomic mass is 9.85. The van der Waals surface area contributed by atoms with E-state index in [0.29, 0.717) is 5.69 Å². The van der Waals surface area contributed by atoms with Gasteiger partial charge in [0.05, 0.1) is 13.4 Å². The number of aryl methyl sites for hydroxylation is 1. The lowest BCUT2D eigenvalue weighted by Gasteiger charge is -2.27. The van der Waals surface area contributed by atoms with Crippen molar-refractivity contribution in [3.63, 3.8) is 0 Å². The van der Waals surface area contributed by atoms with Crippen LogP contribution in [-0.4, -0.2) is 35.0 Å². The minimum absolute atomic E-state index is 0.129. The van der Waals surface area contributed by atoms with Crippen molar-refractivity contribution in [2.45, 2.75) is 25.4 Å². The highest BCUT2D eigenvalue weighted by atomic mass is 32.2. The molecule has 0 bridgehead atoms. The Labute approximate surface area is 184 Å². The topological polar surface area (TPSA) is 64.6 Å². The molecule has 2 aromatic carbocycles. The standard InChI is InChI=1S/C25H27NO4S/c1-29-24-15-19-12-11-18-8-4-5-10-21(18)23(22(19)16-25(24)30-2)14-17-7-6-9-20(13-17)26-31(3,27)28/h4-10,13-15,25-26H,11-12,16H2,1-3H3/b23-14-. The molecule has 6 heteroatoms. The van der Waals surface area contributed by atoms with Crippen molar-refractivity contribution in [1.29, 1.82) is 0 Å². The second-order valence-corrected chi connectivity index (χ2v) is 9.65. The van der Waals surface area contributed by atoms with Gasteiger partial charge in [0.1, 0.15) is 11.9 Å². The first-order chi connectivity index (χ1) is 14.9. The van der Waals surface area contributed by atoms with Gasteiger partial charge in [-0.25, -0.2) is 8.42 Å². The van der Waals surface area contributed by atoms with Gasteiger partial charge < -0.3 is 9.47 Å². The summed E-state index contributed by atoms with van der Waals surface area (Å²) in [5, 5.41) is 0. The summed E-state index contributed by atoms with van der Waals surface area (Å²) in [7, 11) is 0.0537. The van der Waals surface area contributed by atoms with E-state index in [0.717, 1.165) is 42.4 Å². The Kier molecular flexibility index (Phi) is 6.03. The summed E-state index contributed by atoms with van der Waals surface area (Å²) in [5.74, 6) is 0.853. The fourth-order valence-corrected chi connectivity index (χ4v) is 4.89. The Bertz CT molecular complexity index is 1190. The Morgan fingerprint density at radius 2 is 1.87 bits per heavy atom. The molecule has 5 nitrogen and oxygen atoms in total. The molecule has 0 radical (unpaired) electrons. The average Bonchev–Trinajstić information content (AvgIpc) is 2.89. The Morgan fingerprint density at radius 1 is 1.06 bits per heavy atom. The van der Waals surface area contributed by atoms with Crippen molar-refractivity contribution in [3.8, 4) is 0 Å². The molecule has 0 aliphatic heterocycles. The second kappa shape index (κ2) is 8.73. The van der Waals surface area contributed by atoms with Crippen molar-refractivity contribution in [1.82, 2.24) is 0 Å². The van der Waals surface area contributed by atoms with Gasteiger partial charge >= 0.3 is 0 Å². The zero-order valence-corrected chi connectivity index (χ0v) is 18.8. The van der Waals surface area contributed by atoms with E-state index in [4.69, 9.17) is 9.47 Å². The molecule has 0 aromatic heterocycles. The zero-order chi connectivity index (χ0) is 22.0. The molecule has 31 heavy (non-hydrogen) atoms. The Morgan fingerprint density at radius 3 is 2.61 bits per heavy atom. The molecule has 1 N–H and O–H groups in total. The fraction of sp³-hybridized carbons (Fsp3) is 0.280. The number of rotatable bonds is 5. The summed E-state index contributed by atoms with van der Waals surface area (Å²) in [6.45, 7) is 0. The number of sulfonamides is 1. The smallest absolute Gasteiger partial charge is 0.229 e. The number of ether oxygens (including phenoxy) is 2. The minimum atomic E-state index is -3.34. The van der Waals surface area contributed by atoms with Gasteiger partial charge in [-0.1, -0.05) is 36.4 Å². The molecule has 0 amide bonds. The van der Waals surface area contributed by atoms with Crippen LogP contribution in [0.5, 0.6) is 0 Å². The number of anilines is 1. The number of nitrogens with one attached hydrogen (secondary N) is 1. The predicted molar refractivity (Wildman–Crippen MR) is 125 cm³/mol. The van der Waals surface area contributed by atoms with Gasteiger partial charge in [0.15, 0.2) is 0 Å². The van der Waals surface area contributed by atoms with Gasteiger partial charge in [-0.15, -0.1) is 0 Å². The van der Waals surface area contributed by atoms with E-state index in [-0.39, 0.29) is 6.10 Å². The van der Waals surface area contributed by atoms with E-state index in [1.54, 1.807) is 20.3 Å². The molecule has 2 aliphatic rings. The van der Waals surface area contributed by atoms with Gasteiger partial charge in [-0.3, -0.25) is 4.72 Å². The van der Waals surface area contributed by atoms with E-state index >= 15 is 0 Å². The van der Waals surface area contributed by atoms with E-state index in [1.807, 2.05) is 18.2 Å². The van der Waals surface area contributed by atoms with Crippen LogP contribution in [0.4, 0.5) is 5.69 Å². The molecule has 162 valence electrons. The Balaban J connectivity index is 1.86. The highest BCUT2D eigenvalue weighted by molar-refractivity contribution is 7.92. The summed E-state index contributed by atoms with van der Waals surface area (Å²) < 4.78 is 37.2. The molecule has 4 rings (SSSR count). The van der Waals surface area contributed by atoms with E-state index in [2.05, 4.69) is 41.1 Å². The van der Waals surface area contributed by atoms with Gasteiger partial charge in [-0.05, 0) is 70.5 Å². The van der Waals surface area contributed by atoms with Crippen LogP contribution in [0.2, 0.25) is 0 Å². The molecule has 1 unspecified atom stereocenters. The fourth-order valence-electron chi connectivity index (χ4n) is 4.34. The number of fused-ring (bicyclic) bond motifs is 1. The highest BCUT2D eigenvalue weighted by Gasteiger charge is 2.29. The minimum Gasteiger partial charge on any atom is -0.498 e. The second-order valence-electron chi connectivity index (χ2n) is 7.90. The number of methoxy groups -OCH3 is 2. The lowest BCUT2D eigenvalue weighted by molar-refractivity contribution is 0.0776. The molecule has 2 aliphatic carbocycles. The summed E-state index contributed by atoms with van der Waals surface area (Å²) in [6, 6.07) is 15.9. The van der Waals surface area contributed by atoms with Crippen LogP contribution >= 0.6 is 0 Å². The van der Waals surface area contributed by atoms with Crippen molar-refractivity contribution in [2.24, 2.45) is 0 Å². The molecule has 0 spiro atoms. The van der Waals surface area contributed by atoms with E-state index in [1.165, 1.54) is 22.3 Å². The summed E-state index contributed by atoms with van der Waals surface area (Å²) in [4.78, 5) is 0. The van der Waals surface area contributed by atoms with Crippen molar-refractivity contribution in [3.05, 3.63) is 88.2 Å². The summed E-state index contributed by atoms with van der Waals surface area (Å²) in [6.07, 6.45) is 7.90. The van der Waals surface area contributed by atoms with Gasteiger partial charge in [0, 0.05) is 19.2 Å². The first-order valence-electron chi connectivity index (χ1n) is 10.3. The molecular formula is C25H27NO4S. The van der Waals surface area contributed by atoms with Crippen LogP contribution in [0.25, 0.3) is 11.6 Å². The van der Waals surface area contributed by atoms with Crippen molar-refractivity contribution >= 4 is 27.4 Å². The van der Waals surface area contributed by atoms with Gasteiger partial charge in [0.25, 0.3) is 0 Å². The van der Waals surface area contributed by atoms with E-state index < -0.39 is 10.0 Å². The first-order valence-corrected chi connectivity index (χ1v) is 12.2. The van der Waals surface area contributed by atoms with Crippen LogP contribution in [0.15, 0.2) is 71.5 Å². The molecule has 1 atom stereocenters. The van der Waals surface area contributed by atoms with Gasteiger partial charge in [0.2, 0.25) is 10.0 Å². The summed E-state index contributed by atoms with van der Waals surface area (Å²) in [5.41, 5.74) is 7.65. The maximum absolute atomic E-state index is 11.7. The number of benzene rings is 2. The average molecular weight is 438 g/mol. The van der Waals surface area contributed by atoms with Crippen molar-refractivity contribution < 1.29 is 17.9 Å². The van der Waals surface area contributed by atoms with Gasteiger partial charge in [-0.2, -0.15) is 0 Å². The normalized spacial score (nSPS) is 19.9. The molecule has 0 saturated heterocycles. The number of allylic oxidation sites excluding steroid dienone is 3. The maximum atomic E-state index is 11.7. The van der Waals surface area contributed by atoms with Crippen LogP contribution in [-0.2, 0) is 25.9 Å². The highest BCUT2D eigenvalue weighted by Crippen LogP contribution is 2.42. The lowest BCUT2D eigenvalue weighted by Crippen LogP contribution is -2.20. The number of hydrogen-bond acceptors (Lipinski definition) is 4. The third-order valence-corrected chi connectivity index (χ3v) is 6.33. The monoisotopic (exact) mass is 437 g/mol. The molecule has 2 aromatic rings. The maximum Gasteiger partial charge on any atom is 0.229 e. The molecular weight excluding hydrogens is 410 g/mol. The van der Waals surface area contributed by atoms with E-state index in [9.17, 15) is 8.42 Å². The van der Waals surface area contributed by atoms with Crippen LogP contribution in [0.1, 0.15) is 29.5 Å². The van der Waals surface area contributed by atoms with Crippen LogP contribution < -0.4 is 4.72 Å². The molecule has 0 saturated carbocycles. The third kappa shape index (κ3) is 4.75. The third-order valence-electron chi connectivity index (χ3n) is 5.73. The summed E-state index contributed by atoms with van der Waals surface area (Å²) >= 11 is 0. The van der Waals surface area contributed by atoms with Crippen molar-refractivity contribution in [2.75, 3.05) is 25.2 Å². The molecule has 0 fully saturated rings. The SMILES string of the molecule is COC1=CC2=C(CC1OC)/C(=C\c1cccc(NS(C)(=O)=O)c1)c1ccccc1CC2.